The number of nitrogens with one attached hydrogen (secondary N) is 2. The molecule has 2 amide bonds. The zero-order valence-electron chi connectivity index (χ0n) is 14.5. The second-order valence-electron chi connectivity index (χ2n) is 5.76. The van der Waals surface area contributed by atoms with Gasteiger partial charge in [0, 0.05) is 23.9 Å². The van der Waals surface area contributed by atoms with Crippen LogP contribution in [-0.2, 0) is 6.42 Å². The third-order valence-electron chi connectivity index (χ3n) is 3.91. The van der Waals surface area contributed by atoms with Crippen LogP contribution in [0.1, 0.15) is 23.9 Å². The summed E-state index contributed by atoms with van der Waals surface area (Å²) < 4.78 is 4.97. The molecule has 1 aromatic heterocycles. The molecule has 2 aromatic carbocycles. The maximum atomic E-state index is 12.3. The third-order valence-corrected chi connectivity index (χ3v) is 3.91. The molecule has 3 aromatic rings. The second kappa shape index (κ2) is 7.17. The molecule has 6 heteroatoms. The number of para-hydroxylation sites is 1. The van der Waals surface area contributed by atoms with Gasteiger partial charge in [-0.15, -0.1) is 0 Å². The molecular weight excluding hydrogens is 316 g/mol. The predicted molar refractivity (Wildman–Crippen MR) is 97.7 cm³/mol. The van der Waals surface area contributed by atoms with Crippen molar-refractivity contribution in [1.82, 2.24) is 10.1 Å². The first kappa shape index (κ1) is 16.7. The third kappa shape index (κ3) is 3.85. The van der Waals surface area contributed by atoms with Gasteiger partial charge in [-0.25, -0.2) is 4.79 Å². The molecule has 128 valence electrons. The van der Waals surface area contributed by atoms with Crippen LogP contribution in [0.25, 0.3) is 11.4 Å². The van der Waals surface area contributed by atoms with Crippen molar-refractivity contribution in [3.05, 3.63) is 59.5 Å². The summed E-state index contributed by atoms with van der Waals surface area (Å²) in [5, 5.41) is 9.65. The number of aromatic nitrogens is 2. The predicted octanol–water partition coefficient (Wildman–Crippen LogP) is 4.56. The summed E-state index contributed by atoms with van der Waals surface area (Å²) >= 11 is 0. The Balaban J connectivity index is 1.69. The van der Waals surface area contributed by atoms with Gasteiger partial charge in [0.1, 0.15) is 0 Å². The highest BCUT2D eigenvalue weighted by molar-refractivity contribution is 6.00. The van der Waals surface area contributed by atoms with E-state index in [2.05, 4.69) is 27.7 Å². The highest BCUT2D eigenvalue weighted by Gasteiger charge is 2.10. The number of hydrogen-bond donors (Lipinski definition) is 2. The highest BCUT2D eigenvalue weighted by atomic mass is 16.5. The number of aryl methyl sites for hydroxylation is 3. The van der Waals surface area contributed by atoms with Gasteiger partial charge in [0.15, 0.2) is 0 Å². The molecule has 2 N–H and O–H groups in total. The van der Waals surface area contributed by atoms with Crippen molar-refractivity contribution in [2.24, 2.45) is 0 Å². The van der Waals surface area contributed by atoms with Gasteiger partial charge in [-0.2, -0.15) is 4.98 Å². The molecule has 0 bridgehead atoms. The van der Waals surface area contributed by atoms with Crippen LogP contribution in [0.15, 0.2) is 47.0 Å². The van der Waals surface area contributed by atoms with E-state index in [0.29, 0.717) is 17.4 Å². The number of carbonyl (C=O) groups is 1. The van der Waals surface area contributed by atoms with Gasteiger partial charge in [0.2, 0.25) is 11.7 Å². The molecule has 6 nitrogen and oxygen atoms in total. The van der Waals surface area contributed by atoms with Gasteiger partial charge in [-0.05, 0) is 48.7 Å². The van der Waals surface area contributed by atoms with E-state index in [4.69, 9.17) is 4.52 Å². The minimum Gasteiger partial charge on any atom is -0.339 e. The average Bonchev–Trinajstić information content (AvgIpc) is 3.04. The van der Waals surface area contributed by atoms with E-state index in [-0.39, 0.29) is 6.03 Å². The summed E-state index contributed by atoms with van der Waals surface area (Å²) in [4.78, 5) is 16.5. The lowest BCUT2D eigenvalue weighted by atomic mass is 10.1. The summed E-state index contributed by atoms with van der Waals surface area (Å²) in [6.45, 7) is 5.79. The summed E-state index contributed by atoms with van der Waals surface area (Å²) in [6, 6.07) is 13.0. The van der Waals surface area contributed by atoms with Crippen molar-refractivity contribution >= 4 is 17.4 Å². The van der Waals surface area contributed by atoms with E-state index >= 15 is 0 Å². The molecule has 25 heavy (non-hydrogen) atoms. The van der Waals surface area contributed by atoms with Crippen molar-refractivity contribution in [1.29, 1.82) is 0 Å². The number of anilines is 2. The van der Waals surface area contributed by atoms with Gasteiger partial charge >= 0.3 is 6.03 Å². The van der Waals surface area contributed by atoms with Crippen molar-refractivity contribution in [3.8, 4) is 11.4 Å². The minimum absolute atomic E-state index is 0.271. The van der Waals surface area contributed by atoms with Gasteiger partial charge in [0.05, 0.1) is 0 Å². The number of urea groups is 1. The van der Waals surface area contributed by atoms with Crippen molar-refractivity contribution < 1.29 is 9.32 Å². The van der Waals surface area contributed by atoms with Gasteiger partial charge in [-0.3, -0.25) is 0 Å². The molecule has 0 aliphatic heterocycles. The number of hydrogen-bond acceptors (Lipinski definition) is 4. The second-order valence-corrected chi connectivity index (χ2v) is 5.76. The fraction of sp³-hybridized carbons (Fsp3) is 0.211. The van der Waals surface area contributed by atoms with Crippen LogP contribution in [0.3, 0.4) is 0 Å². The zero-order valence-corrected chi connectivity index (χ0v) is 14.5. The smallest absolute Gasteiger partial charge is 0.323 e. The van der Waals surface area contributed by atoms with E-state index in [9.17, 15) is 4.79 Å². The summed E-state index contributed by atoms with van der Waals surface area (Å²) in [5.41, 5.74) is 4.53. The number of carbonyl (C=O) groups excluding carboxylic acids is 1. The number of amides is 2. The van der Waals surface area contributed by atoms with Gasteiger partial charge < -0.3 is 15.2 Å². The van der Waals surface area contributed by atoms with E-state index < -0.39 is 0 Å². The maximum Gasteiger partial charge on any atom is 0.323 e. The van der Waals surface area contributed by atoms with Gasteiger partial charge in [-0.1, -0.05) is 30.3 Å². The molecule has 0 fully saturated rings. The first-order valence-corrected chi connectivity index (χ1v) is 8.14. The quantitative estimate of drug-likeness (QED) is 0.732. The van der Waals surface area contributed by atoms with Crippen LogP contribution in [-0.4, -0.2) is 16.2 Å². The molecular formula is C19H20N4O2. The largest absolute Gasteiger partial charge is 0.339 e. The zero-order chi connectivity index (χ0) is 17.8. The van der Waals surface area contributed by atoms with Crippen LogP contribution >= 0.6 is 0 Å². The van der Waals surface area contributed by atoms with Crippen LogP contribution in [0.5, 0.6) is 0 Å². The first-order valence-electron chi connectivity index (χ1n) is 8.14. The fourth-order valence-corrected chi connectivity index (χ4v) is 2.60. The van der Waals surface area contributed by atoms with Crippen LogP contribution < -0.4 is 10.6 Å². The van der Waals surface area contributed by atoms with Crippen molar-refractivity contribution in [3.63, 3.8) is 0 Å². The Morgan fingerprint density at radius 2 is 1.84 bits per heavy atom. The van der Waals surface area contributed by atoms with E-state index in [1.54, 1.807) is 19.1 Å². The number of benzene rings is 2. The Morgan fingerprint density at radius 1 is 1.08 bits per heavy atom. The molecule has 0 aliphatic rings. The van der Waals surface area contributed by atoms with Crippen LogP contribution in [0.2, 0.25) is 0 Å². The van der Waals surface area contributed by atoms with Gasteiger partial charge in [0.25, 0.3) is 0 Å². The highest BCUT2D eigenvalue weighted by Crippen LogP contribution is 2.22. The Kier molecular flexibility index (Phi) is 4.79. The fourth-order valence-electron chi connectivity index (χ4n) is 2.60. The Hall–Kier alpha value is -3.15. The normalized spacial score (nSPS) is 10.5. The average molecular weight is 336 g/mol. The topological polar surface area (TPSA) is 80.0 Å². The summed E-state index contributed by atoms with van der Waals surface area (Å²) in [6.07, 6.45) is 0.857. The maximum absolute atomic E-state index is 12.3. The monoisotopic (exact) mass is 336 g/mol. The molecule has 0 saturated carbocycles. The van der Waals surface area contributed by atoms with E-state index in [1.165, 1.54) is 0 Å². The summed E-state index contributed by atoms with van der Waals surface area (Å²) in [5.74, 6) is 1.04. The number of nitrogens with zero attached hydrogens (tertiary/aromatic N) is 2. The standard InChI is InChI=1S/C19H20N4O2/c1-4-14-7-5-6-12(2)17(14)22-19(24)21-16-10-8-15(9-11-16)18-20-13(3)25-23-18/h5-11H,4H2,1-3H3,(H2,21,22,24). The van der Waals surface area contributed by atoms with Crippen LogP contribution in [0, 0.1) is 13.8 Å². The molecule has 3 rings (SSSR count). The molecule has 0 atom stereocenters. The molecule has 0 radical (unpaired) electrons. The lowest BCUT2D eigenvalue weighted by Crippen LogP contribution is -2.20. The van der Waals surface area contributed by atoms with Crippen molar-refractivity contribution in [2.75, 3.05) is 10.6 Å². The Bertz CT molecular complexity index is 885. The van der Waals surface area contributed by atoms with Crippen molar-refractivity contribution in [2.45, 2.75) is 27.2 Å². The van der Waals surface area contributed by atoms with Crippen LogP contribution in [0.4, 0.5) is 16.2 Å². The number of rotatable bonds is 4. The molecule has 1 heterocycles. The molecule has 0 aliphatic carbocycles. The Labute approximate surface area is 146 Å². The molecule has 0 unspecified atom stereocenters. The van der Waals surface area contributed by atoms with E-state index in [0.717, 1.165) is 28.8 Å². The lowest BCUT2D eigenvalue weighted by Gasteiger charge is -2.13. The molecule has 0 spiro atoms. The SMILES string of the molecule is CCc1cccc(C)c1NC(=O)Nc1ccc(-c2noc(C)n2)cc1. The summed E-state index contributed by atoms with van der Waals surface area (Å²) in [7, 11) is 0. The minimum atomic E-state index is -0.271. The van der Waals surface area contributed by atoms with E-state index in [1.807, 2.05) is 37.3 Å². The lowest BCUT2D eigenvalue weighted by molar-refractivity contribution is 0.262. The molecule has 0 saturated heterocycles. The first-order chi connectivity index (χ1) is 12.1. The Morgan fingerprint density at radius 3 is 2.48 bits per heavy atom.